The summed E-state index contributed by atoms with van der Waals surface area (Å²) in [4.78, 5) is 49.2. The molecule has 17 atom stereocenters. The summed E-state index contributed by atoms with van der Waals surface area (Å²) in [6.45, 7) is 4.84. The van der Waals surface area contributed by atoms with E-state index >= 15 is 0 Å². The van der Waals surface area contributed by atoms with Crippen LogP contribution in [0.1, 0.15) is 91.4 Å². The van der Waals surface area contributed by atoms with Crippen LogP contribution in [0.2, 0.25) is 0 Å². The van der Waals surface area contributed by atoms with Crippen LogP contribution < -0.4 is 16.0 Å². The maximum Gasteiger partial charge on any atom is 0.250 e. The summed E-state index contributed by atoms with van der Waals surface area (Å²) in [5.74, 6) is -3.24. The molecule has 11 N–H and O–H groups in total. The molecule has 0 aromatic heterocycles. The highest BCUT2D eigenvalue weighted by atomic mass is 16.8. The summed E-state index contributed by atoms with van der Waals surface area (Å²) in [5.41, 5.74) is 0. The Balaban J connectivity index is 1.43. The highest BCUT2D eigenvalue weighted by Crippen LogP contribution is 2.34. The van der Waals surface area contributed by atoms with Crippen molar-refractivity contribution < 1.29 is 79.0 Å². The van der Waals surface area contributed by atoms with Crippen LogP contribution in [-0.2, 0) is 38.1 Å². The first-order chi connectivity index (χ1) is 28.1. The van der Waals surface area contributed by atoms with Gasteiger partial charge in [-0.25, -0.2) is 0 Å². The monoisotopic (exact) mass is 843 g/mol. The molecule has 0 radical (unpaired) electrons. The average molecular weight is 844 g/mol. The Morgan fingerprint density at radius 3 is 2.03 bits per heavy atom. The number of carbonyl (C=O) groups is 4. The van der Waals surface area contributed by atoms with Gasteiger partial charge in [-0.3, -0.25) is 24.5 Å². The van der Waals surface area contributed by atoms with E-state index in [0.717, 1.165) is 44.6 Å². The van der Waals surface area contributed by atoms with Gasteiger partial charge in [-0.1, -0.05) is 77.4 Å². The standard InChI is InChI=1S/C40H65N3O16/c1-4-20(2)14-12-10-8-6-5-7-9-11-13-15-26(47)42-29-33(52)30(49)24(56-40(29)59-39-28(41-21(3)45)32(51)31(50)25(19-44)57-39)18-23(46)37-35(54)34(53)36(58-37)22-16-17-27(48)43-38(22)55/h13,15-17,20,22-25,28-37,39-40,44,46,49-54H,4-12,14,18-19H2,1-3H3,(H,41,45)(H,42,47)(H,43,48,55). The van der Waals surface area contributed by atoms with Gasteiger partial charge in [0.05, 0.1) is 24.7 Å². The molecule has 0 spiro atoms. The first-order valence-corrected chi connectivity index (χ1v) is 20.8. The van der Waals surface area contributed by atoms with Crippen molar-refractivity contribution in [2.24, 2.45) is 11.8 Å². The van der Waals surface area contributed by atoms with Gasteiger partial charge in [0.2, 0.25) is 23.6 Å². The number of amides is 4. The van der Waals surface area contributed by atoms with Crippen molar-refractivity contribution in [3.8, 4) is 0 Å². The smallest absolute Gasteiger partial charge is 0.250 e. The van der Waals surface area contributed by atoms with Gasteiger partial charge in [0.25, 0.3) is 0 Å². The number of ether oxygens (including phenoxy) is 4. The number of aliphatic hydroxyl groups excluding tert-OH is 8. The van der Waals surface area contributed by atoms with E-state index in [1.807, 2.05) is 0 Å². The molecular formula is C40H65N3O16. The van der Waals surface area contributed by atoms with E-state index in [1.165, 1.54) is 44.3 Å². The molecule has 0 aliphatic carbocycles. The lowest BCUT2D eigenvalue weighted by Crippen LogP contribution is -2.68. The molecule has 17 unspecified atom stereocenters. The minimum atomic E-state index is -1.85. The average Bonchev–Trinajstić information content (AvgIpc) is 3.49. The first kappa shape index (κ1) is 48.7. The summed E-state index contributed by atoms with van der Waals surface area (Å²) in [6.07, 6.45) is -6.03. The van der Waals surface area contributed by atoms with Crippen LogP contribution in [0.3, 0.4) is 0 Å². The van der Waals surface area contributed by atoms with Crippen molar-refractivity contribution >= 4 is 23.6 Å². The van der Waals surface area contributed by atoms with Gasteiger partial charge in [-0.2, -0.15) is 0 Å². The number of aliphatic hydroxyl groups is 8. The molecule has 0 saturated carbocycles. The van der Waals surface area contributed by atoms with Gasteiger partial charge >= 0.3 is 0 Å². The zero-order valence-electron chi connectivity index (χ0n) is 34.0. The topological polar surface area (TPSA) is 303 Å². The molecule has 0 aromatic carbocycles. The molecule has 0 aromatic rings. The van der Waals surface area contributed by atoms with E-state index in [9.17, 15) is 60.0 Å². The Morgan fingerprint density at radius 2 is 1.42 bits per heavy atom. The minimum absolute atomic E-state index is 0.579. The van der Waals surface area contributed by atoms with Gasteiger partial charge < -0.3 is 70.4 Å². The van der Waals surface area contributed by atoms with E-state index < -0.39 is 134 Å². The number of unbranched alkanes of at least 4 members (excludes halogenated alkanes) is 7. The van der Waals surface area contributed by atoms with Gasteiger partial charge in [-0.15, -0.1) is 0 Å². The van der Waals surface area contributed by atoms with Crippen LogP contribution in [0.15, 0.2) is 24.3 Å². The van der Waals surface area contributed by atoms with Crippen molar-refractivity contribution in [3.05, 3.63) is 24.3 Å². The normalized spacial score (nSPS) is 37.3. The Bertz CT molecular complexity index is 1440. The lowest BCUT2D eigenvalue weighted by molar-refractivity contribution is -0.346. The molecule has 4 amide bonds. The van der Waals surface area contributed by atoms with Crippen molar-refractivity contribution in [2.75, 3.05) is 6.61 Å². The molecule has 3 fully saturated rings. The van der Waals surface area contributed by atoms with Gasteiger partial charge in [0, 0.05) is 19.4 Å². The van der Waals surface area contributed by atoms with Crippen LogP contribution in [0.25, 0.3) is 0 Å². The molecule has 336 valence electrons. The maximum absolute atomic E-state index is 13.2. The van der Waals surface area contributed by atoms with E-state index in [0.29, 0.717) is 6.42 Å². The minimum Gasteiger partial charge on any atom is -0.394 e. The highest BCUT2D eigenvalue weighted by molar-refractivity contribution is 6.05. The van der Waals surface area contributed by atoms with Gasteiger partial charge in [0.15, 0.2) is 12.6 Å². The molecule has 3 saturated heterocycles. The Morgan fingerprint density at radius 1 is 0.831 bits per heavy atom. The van der Waals surface area contributed by atoms with Crippen LogP contribution >= 0.6 is 0 Å². The van der Waals surface area contributed by atoms with Gasteiger partial charge in [-0.05, 0) is 24.8 Å². The number of hydrogen-bond donors (Lipinski definition) is 11. The Hall–Kier alpha value is -2.92. The summed E-state index contributed by atoms with van der Waals surface area (Å²) in [7, 11) is 0. The predicted molar refractivity (Wildman–Crippen MR) is 206 cm³/mol. The zero-order chi connectivity index (χ0) is 43.4. The number of hydrogen-bond acceptors (Lipinski definition) is 16. The summed E-state index contributed by atoms with van der Waals surface area (Å²) in [6, 6.07) is -2.99. The summed E-state index contributed by atoms with van der Waals surface area (Å²) in [5, 5.41) is 93.6. The maximum atomic E-state index is 13.2. The second kappa shape index (κ2) is 23.3. The SMILES string of the molecule is CCC(C)CCCCCCCCCC=CC(=O)NC1C(OC2OC(CO)C(O)C(O)C2NC(C)=O)OC(CC(O)C2OC(C3C=CC(=O)NC3=O)C(O)C2O)C(O)C1O. The predicted octanol–water partition coefficient (Wildman–Crippen LogP) is -1.94. The largest absolute Gasteiger partial charge is 0.394 e. The lowest BCUT2D eigenvalue weighted by atomic mass is 9.90. The second-order valence-electron chi connectivity index (χ2n) is 16.2. The fourth-order valence-corrected chi connectivity index (χ4v) is 7.86. The summed E-state index contributed by atoms with van der Waals surface area (Å²) >= 11 is 0. The molecule has 59 heavy (non-hydrogen) atoms. The van der Waals surface area contributed by atoms with Crippen molar-refractivity contribution in [1.82, 2.24) is 16.0 Å². The highest BCUT2D eigenvalue weighted by Gasteiger charge is 2.54. The number of allylic oxidation sites excluding steroid dienone is 1. The quantitative estimate of drug-likeness (QED) is 0.0340. The number of rotatable bonds is 21. The Kier molecular flexibility index (Phi) is 19.3. The van der Waals surface area contributed by atoms with Crippen molar-refractivity contribution in [1.29, 1.82) is 0 Å². The van der Waals surface area contributed by atoms with Gasteiger partial charge in [0.1, 0.15) is 67.0 Å². The van der Waals surface area contributed by atoms with Crippen molar-refractivity contribution in [2.45, 2.75) is 183 Å². The first-order valence-electron chi connectivity index (χ1n) is 20.8. The molecule has 4 rings (SSSR count). The third-order valence-corrected chi connectivity index (χ3v) is 11.6. The van der Waals surface area contributed by atoms with Crippen LogP contribution in [0, 0.1) is 11.8 Å². The van der Waals surface area contributed by atoms with E-state index in [-0.39, 0.29) is 0 Å². The third-order valence-electron chi connectivity index (χ3n) is 11.6. The number of imide groups is 1. The fraction of sp³-hybridized carbons (Fsp3) is 0.800. The van der Waals surface area contributed by atoms with E-state index in [4.69, 9.17) is 18.9 Å². The van der Waals surface area contributed by atoms with E-state index in [2.05, 4.69) is 29.8 Å². The molecule has 4 aliphatic rings. The van der Waals surface area contributed by atoms with Crippen LogP contribution in [-0.4, -0.2) is 163 Å². The zero-order valence-corrected chi connectivity index (χ0v) is 34.0. The molecular weight excluding hydrogens is 778 g/mol. The third kappa shape index (κ3) is 13.3. The summed E-state index contributed by atoms with van der Waals surface area (Å²) < 4.78 is 23.4. The fourth-order valence-electron chi connectivity index (χ4n) is 7.86. The van der Waals surface area contributed by atoms with Crippen LogP contribution in [0.5, 0.6) is 0 Å². The molecule has 4 aliphatic heterocycles. The lowest BCUT2D eigenvalue weighted by Gasteiger charge is -2.47. The molecule has 4 heterocycles. The van der Waals surface area contributed by atoms with Crippen molar-refractivity contribution in [3.63, 3.8) is 0 Å². The number of carbonyl (C=O) groups excluding carboxylic acids is 4. The number of nitrogens with one attached hydrogen (secondary N) is 3. The van der Waals surface area contributed by atoms with E-state index in [1.54, 1.807) is 6.08 Å². The molecule has 0 bridgehead atoms. The molecule has 19 heteroatoms. The molecule has 19 nitrogen and oxygen atoms in total. The second-order valence-corrected chi connectivity index (χ2v) is 16.2. The Labute approximate surface area is 344 Å². The van der Waals surface area contributed by atoms with Crippen LogP contribution in [0.4, 0.5) is 0 Å².